The monoisotopic (exact) mass is 393 g/mol. The summed E-state index contributed by atoms with van der Waals surface area (Å²) >= 11 is 0. The number of rotatable bonds is 5. The molecule has 6 heteroatoms. The molecule has 2 heterocycles. The van der Waals surface area contributed by atoms with Crippen LogP contribution in [-0.4, -0.2) is 42.5 Å². The molecule has 29 heavy (non-hydrogen) atoms. The molecule has 2 N–H and O–H groups in total. The van der Waals surface area contributed by atoms with E-state index in [-0.39, 0.29) is 19.1 Å². The van der Waals surface area contributed by atoms with E-state index in [2.05, 4.69) is 29.6 Å². The third kappa shape index (κ3) is 2.90. The normalized spacial score (nSPS) is 26.8. The molecule has 0 spiro atoms. The quantitative estimate of drug-likeness (QED) is 0.812. The van der Waals surface area contributed by atoms with E-state index < -0.39 is 23.1 Å². The number of hydrogen-bond donors (Lipinski definition) is 2. The Balaban J connectivity index is 1.21. The van der Waals surface area contributed by atoms with Gasteiger partial charge < -0.3 is 19.9 Å². The molecule has 2 aromatic carbocycles. The number of hydrogen-bond acceptors (Lipinski definition) is 4. The molecule has 2 aliphatic heterocycles. The van der Waals surface area contributed by atoms with Crippen LogP contribution in [0.25, 0.3) is 11.1 Å². The number of alkyl carbamates (subject to hydrolysis) is 1. The summed E-state index contributed by atoms with van der Waals surface area (Å²) in [6.45, 7) is 0.949. The van der Waals surface area contributed by atoms with Crippen molar-refractivity contribution in [3.8, 4) is 11.1 Å². The Labute approximate surface area is 168 Å². The van der Waals surface area contributed by atoms with Gasteiger partial charge in [0.15, 0.2) is 0 Å². The zero-order valence-electron chi connectivity index (χ0n) is 16.0. The smallest absolute Gasteiger partial charge is 0.407 e. The Morgan fingerprint density at radius 3 is 2.31 bits per heavy atom. The summed E-state index contributed by atoms with van der Waals surface area (Å²) in [5.74, 6) is -0.752. The van der Waals surface area contributed by atoms with Crippen molar-refractivity contribution in [3.05, 3.63) is 59.7 Å². The predicted octanol–water partition coefficient (Wildman–Crippen LogP) is 3.55. The number of fused-ring (bicyclic) bond motifs is 5. The average molecular weight is 393 g/mol. The molecular weight excluding hydrogens is 370 g/mol. The number of carboxylic acid groups (broad SMARTS) is 1. The van der Waals surface area contributed by atoms with Crippen LogP contribution in [0, 0.1) is 5.41 Å². The van der Waals surface area contributed by atoms with Crippen molar-refractivity contribution in [2.24, 2.45) is 5.41 Å². The van der Waals surface area contributed by atoms with Crippen LogP contribution >= 0.6 is 0 Å². The summed E-state index contributed by atoms with van der Waals surface area (Å²) in [5, 5.41) is 12.2. The van der Waals surface area contributed by atoms with Crippen LogP contribution in [0.2, 0.25) is 0 Å². The Morgan fingerprint density at radius 1 is 1.07 bits per heavy atom. The van der Waals surface area contributed by atoms with Crippen molar-refractivity contribution in [1.29, 1.82) is 0 Å². The fraction of sp³-hybridized carbons (Fsp3) is 0.391. The van der Waals surface area contributed by atoms with Crippen molar-refractivity contribution in [2.75, 3.05) is 19.8 Å². The molecule has 2 aromatic rings. The molecule has 150 valence electrons. The van der Waals surface area contributed by atoms with Gasteiger partial charge in [-0.3, -0.25) is 4.79 Å². The first-order chi connectivity index (χ1) is 14.0. The topological polar surface area (TPSA) is 84.9 Å². The molecule has 6 nitrogen and oxygen atoms in total. The Hall–Kier alpha value is -2.86. The second-order valence-electron chi connectivity index (χ2n) is 8.40. The van der Waals surface area contributed by atoms with E-state index in [4.69, 9.17) is 9.47 Å². The van der Waals surface area contributed by atoms with Crippen LogP contribution in [0.5, 0.6) is 0 Å². The Kier molecular flexibility index (Phi) is 4.13. The number of ether oxygens (including phenoxy) is 2. The summed E-state index contributed by atoms with van der Waals surface area (Å²) in [6, 6.07) is 16.4. The predicted molar refractivity (Wildman–Crippen MR) is 106 cm³/mol. The van der Waals surface area contributed by atoms with Gasteiger partial charge in [0.2, 0.25) is 0 Å². The minimum Gasteiger partial charge on any atom is -0.481 e. The van der Waals surface area contributed by atoms with Gasteiger partial charge in [0.1, 0.15) is 6.61 Å². The van der Waals surface area contributed by atoms with Crippen molar-refractivity contribution < 1.29 is 24.2 Å². The van der Waals surface area contributed by atoms with E-state index in [0.29, 0.717) is 25.9 Å². The van der Waals surface area contributed by atoms with Crippen molar-refractivity contribution >= 4 is 12.1 Å². The standard InChI is InChI=1S/C23H23NO5/c25-20(26)22-9-10-29-23(12-22,13-22)14-24-21(27)28-11-19-17-7-3-1-5-15(17)16-6-2-4-8-18(16)19/h1-8,19H,9-14H2,(H,24,27)(H,25,26). The van der Waals surface area contributed by atoms with Crippen LogP contribution in [0.3, 0.4) is 0 Å². The van der Waals surface area contributed by atoms with Gasteiger partial charge in [-0.05, 0) is 41.5 Å². The highest BCUT2D eigenvalue weighted by Gasteiger charge is 2.62. The fourth-order valence-electron chi connectivity index (χ4n) is 5.24. The molecule has 1 amide bonds. The molecule has 1 saturated carbocycles. The molecular formula is C23H23NO5. The number of benzene rings is 2. The molecule has 4 aliphatic rings. The molecule has 6 rings (SSSR count). The van der Waals surface area contributed by atoms with E-state index in [1.165, 1.54) is 22.3 Å². The van der Waals surface area contributed by atoms with Gasteiger partial charge in [0.05, 0.1) is 11.0 Å². The molecule has 2 bridgehead atoms. The third-order valence-electron chi connectivity index (χ3n) is 6.66. The van der Waals surface area contributed by atoms with Crippen molar-refractivity contribution in [1.82, 2.24) is 5.32 Å². The van der Waals surface area contributed by atoms with Gasteiger partial charge in [-0.1, -0.05) is 48.5 Å². The van der Waals surface area contributed by atoms with Crippen molar-refractivity contribution in [2.45, 2.75) is 30.8 Å². The van der Waals surface area contributed by atoms with Gasteiger partial charge in [-0.15, -0.1) is 0 Å². The lowest BCUT2D eigenvalue weighted by molar-refractivity contribution is -0.230. The molecule has 0 atom stereocenters. The van der Waals surface area contributed by atoms with E-state index in [1.54, 1.807) is 0 Å². The van der Waals surface area contributed by atoms with Crippen LogP contribution in [0.15, 0.2) is 48.5 Å². The van der Waals surface area contributed by atoms with Crippen LogP contribution in [0.1, 0.15) is 36.3 Å². The second kappa shape index (κ2) is 6.59. The highest BCUT2D eigenvalue weighted by atomic mass is 16.5. The van der Waals surface area contributed by atoms with Gasteiger partial charge in [-0.2, -0.15) is 0 Å². The summed E-state index contributed by atoms with van der Waals surface area (Å²) < 4.78 is 11.3. The van der Waals surface area contributed by atoms with Crippen LogP contribution in [-0.2, 0) is 14.3 Å². The largest absolute Gasteiger partial charge is 0.481 e. The molecule has 0 aromatic heterocycles. The summed E-state index contributed by atoms with van der Waals surface area (Å²) in [7, 11) is 0. The molecule has 0 unspecified atom stereocenters. The van der Waals surface area contributed by atoms with E-state index >= 15 is 0 Å². The summed E-state index contributed by atoms with van der Waals surface area (Å²) in [5.41, 5.74) is 3.46. The Bertz CT molecular complexity index is 933. The first kappa shape index (κ1) is 18.2. The minimum absolute atomic E-state index is 0.0145. The van der Waals surface area contributed by atoms with Crippen LogP contribution in [0.4, 0.5) is 4.79 Å². The summed E-state index contributed by atoms with van der Waals surface area (Å²) in [6.07, 6.45) is 0.927. The molecule has 0 radical (unpaired) electrons. The Morgan fingerprint density at radius 2 is 1.69 bits per heavy atom. The SMILES string of the molecule is O=C(NCC12CC(C(=O)O)(CCO1)C2)OCC1c2ccccc2-c2ccccc21. The molecule has 2 aliphatic carbocycles. The maximum absolute atomic E-state index is 12.3. The first-order valence-electron chi connectivity index (χ1n) is 9.98. The first-order valence-corrected chi connectivity index (χ1v) is 9.98. The summed E-state index contributed by atoms with van der Waals surface area (Å²) in [4.78, 5) is 23.8. The molecule has 2 saturated heterocycles. The molecule has 3 fully saturated rings. The van der Waals surface area contributed by atoms with Gasteiger partial charge >= 0.3 is 12.1 Å². The maximum atomic E-state index is 12.3. The number of carbonyl (C=O) groups is 2. The van der Waals surface area contributed by atoms with Gasteiger partial charge in [0, 0.05) is 19.1 Å². The average Bonchev–Trinajstić information content (AvgIpc) is 3.04. The lowest BCUT2D eigenvalue weighted by Gasteiger charge is -2.57. The van der Waals surface area contributed by atoms with Crippen molar-refractivity contribution in [3.63, 3.8) is 0 Å². The number of aliphatic carboxylic acids is 1. The lowest BCUT2D eigenvalue weighted by Crippen LogP contribution is -2.65. The zero-order chi connectivity index (χ0) is 20.1. The van der Waals surface area contributed by atoms with E-state index in [9.17, 15) is 14.7 Å². The number of amides is 1. The second-order valence-corrected chi connectivity index (χ2v) is 8.40. The highest BCUT2D eigenvalue weighted by molar-refractivity contribution is 5.79. The fourth-order valence-corrected chi connectivity index (χ4v) is 5.24. The minimum atomic E-state index is -0.766. The maximum Gasteiger partial charge on any atom is 0.407 e. The number of nitrogens with one attached hydrogen (secondary N) is 1. The third-order valence-corrected chi connectivity index (χ3v) is 6.66. The van der Waals surface area contributed by atoms with Gasteiger partial charge in [-0.25, -0.2) is 4.79 Å². The number of carboxylic acids is 1. The zero-order valence-corrected chi connectivity index (χ0v) is 16.0. The van der Waals surface area contributed by atoms with Crippen LogP contribution < -0.4 is 5.32 Å². The lowest BCUT2D eigenvalue weighted by atomic mass is 9.55. The van der Waals surface area contributed by atoms with E-state index in [1.807, 2.05) is 24.3 Å². The van der Waals surface area contributed by atoms with E-state index in [0.717, 1.165) is 0 Å². The van der Waals surface area contributed by atoms with Gasteiger partial charge in [0.25, 0.3) is 0 Å². The number of carbonyl (C=O) groups excluding carboxylic acids is 1. The highest BCUT2D eigenvalue weighted by Crippen LogP contribution is 2.56.